The second kappa shape index (κ2) is 8.46. The molecule has 6 heteroatoms. The minimum Gasteiger partial charge on any atom is -0.372 e. The fraction of sp³-hybridized carbons (Fsp3) is 0.458. The van der Waals surface area contributed by atoms with Crippen molar-refractivity contribution in [1.29, 1.82) is 0 Å². The Balaban J connectivity index is 1.56. The largest absolute Gasteiger partial charge is 0.372 e. The van der Waals surface area contributed by atoms with E-state index in [9.17, 15) is 4.79 Å². The molecular weight excluding hydrogens is 374 g/mol. The van der Waals surface area contributed by atoms with E-state index in [0.29, 0.717) is 18.1 Å². The maximum Gasteiger partial charge on any atom is 0.252 e. The molecule has 1 N–H and O–H groups in total. The molecule has 6 nitrogen and oxygen atoms in total. The van der Waals surface area contributed by atoms with Crippen LogP contribution in [0.5, 0.6) is 0 Å². The summed E-state index contributed by atoms with van der Waals surface area (Å²) in [4.78, 5) is 24.0. The van der Waals surface area contributed by atoms with Crippen LogP contribution in [0.25, 0.3) is 11.0 Å². The van der Waals surface area contributed by atoms with E-state index in [0.717, 1.165) is 30.6 Å². The first-order valence-electron chi connectivity index (χ1n) is 10.9. The highest BCUT2D eigenvalue weighted by molar-refractivity contribution is 5.75. The molecule has 2 aromatic heterocycles. The van der Waals surface area contributed by atoms with Gasteiger partial charge in [-0.15, -0.1) is 0 Å². The van der Waals surface area contributed by atoms with Gasteiger partial charge in [-0.2, -0.15) is 4.98 Å². The monoisotopic (exact) mass is 405 g/mol. The van der Waals surface area contributed by atoms with Gasteiger partial charge in [0.25, 0.3) is 5.56 Å². The van der Waals surface area contributed by atoms with Gasteiger partial charge >= 0.3 is 0 Å². The highest BCUT2D eigenvalue weighted by Gasteiger charge is 2.14. The second-order valence-electron chi connectivity index (χ2n) is 9.33. The Morgan fingerprint density at radius 1 is 1.00 bits per heavy atom. The number of hydrogen-bond acceptors (Lipinski definition) is 5. The molecule has 0 spiro atoms. The van der Waals surface area contributed by atoms with Gasteiger partial charge in [-0.05, 0) is 61.4 Å². The average molecular weight is 406 g/mol. The lowest BCUT2D eigenvalue weighted by molar-refractivity contribution is 0.350. The third kappa shape index (κ3) is 4.81. The van der Waals surface area contributed by atoms with Crippen LogP contribution >= 0.6 is 0 Å². The van der Waals surface area contributed by atoms with Crippen molar-refractivity contribution in [3.63, 3.8) is 0 Å². The summed E-state index contributed by atoms with van der Waals surface area (Å²) in [7, 11) is 0. The second-order valence-corrected chi connectivity index (χ2v) is 9.33. The number of benzene rings is 1. The molecule has 0 bridgehead atoms. The molecule has 4 rings (SSSR count). The predicted molar refractivity (Wildman–Crippen MR) is 124 cm³/mol. The van der Waals surface area contributed by atoms with Gasteiger partial charge in [0.2, 0.25) is 5.95 Å². The molecule has 0 unspecified atom stereocenters. The fourth-order valence-corrected chi connectivity index (χ4v) is 3.83. The number of nitrogens with one attached hydrogen (secondary N) is 1. The summed E-state index contributed by atoms with van der Waals surface area (Å²) in [5.41, 5.74) is 2.99. The molecule has 0 atom stereocenters. The molecule has 158 valence electrons. The van der Waals surface area contributed by atoms with Crippen LogP contribution in [-0.2, 0) is 6.54 Å². The first-order valence-corrected chi connectivity index (χ1v) is 10.9. The molecule has 0 amide bonds. The molecular formula is C24H31N5O. The Labute approximate surface area is 178 Å². The van der Waals surface area contributed by atoms with Gasteiger partial charge in [0.05, 0.1) is 0 Å². The average Bonchev–Trinajstić information content (AvgIpc) is 2.73. The smallest absolute Gasteiger partial charge is 0.252 e. The van der Waals surface area contributed by atoms with Crippen molar-refractivity contribution in [2.24, 2.45) is 5.41 Å². The maximum atomic E-state index is 12.5. The molecule has 1 aliphatic rings. The quantitative estimate of drug-likeness (QED) is 0.650. The van der Waals surface area contributed by atoms with E-state index in [1.54, 1.807) is 22.9 Å². The number of hydrogen-bond donors (Lipinski definition) is 1. The van der Waals surface area contributed by atoms with Crippen molar-refractivity contribution in [2.45, 2.75) is 53.0 Å². The van der Waals surface area contributed by atoms with E-state index in [4.69, 9.17) is 0 Å². The molecule has 1 fully saturated rings. The summed E-state index contributed by atoms with van der Waals surface area (Å²) in [5, 5.41) is 4.16. The molecule has 0 aliphatic carbocycles. The highest BCUT2D eigenvalue weighted by Crippen LogP contribution is 2.24. The zero-order valence-corrected chi connectivity index (χ0v) is 18.2. The number of pyridine rings is 1. The van der Waals surface area contributed by atoms with Crippen LogP contribution in [0.3, 0.4) is 0 Å². The topological polar surface area (TPSA) is 63.1 Å². The lowest BCUT2D eigenvalue weighted by Crippen LogP contribution is -2.29. The third-order valence-electron chi connectivity index (χ3n) is 5.65. The highest BCUT2D eigenvalue weighted by atomic mass is 16.1. The summed E-state index contributed by atoms with van der Waals surface area (Å²) in [6, 6.07) is 11.8. The van der Waals surface area contributed by atoms with Gasteiger partial charge in [0.1, 0.15) is 5.65 Å². The number of anilines is 3. The number of aryl methyl sites for hydroxylation is 1. The van der Waals surface area contributed by atoms with Gasteiger partial charge in [-0.3, -0.25) is 9.36 Å². The Hall–Kier alpha value is -2.89. The number of piperidine rings is 1. The number of nitrogens with zero attached hydrogens (tertiary/aromatic N) is 4. The van der Waals surface area contributed by atoms with Crippen LogP contribution in [0.4, 0.5) is 17.3 Å². The predicted octanol–water partition coefficient (Wildman–Crippen LogP) is 4.96. The van der Waals surface area contributed by atoms with Crippen molar-refractivity contribution in [3.05, 3.63) is 52.9 Å². The van der Waals surface area contributed by atoms with E-state index >= 15 is 0 Å². The van der Waals surface area contributed by atoms with E-state index in [1.807, 2.05) is 0 Å². The summed E-state index contributed by atoms with van der Waals surface area (Å²) in [5.74, 6) is 0.503. The minimum absolute atomic E-state index is 0.0257. The van der Waals surface area contributed by atoms with E-state index in [1.165, 1.54) is 24.9 Å². The Morgan fingerprint density at radius 3 is 2.43 bits per heavy atom. The van der Waals surface area contributed by atoms with Gasteiger partial charge in [-0.25, -0.2) is 4.98 Å². The standard InChI is InChI=1S/C24H31N5O/c1-24(2,3)13-16-29-21(30)12-7-18-17-25-23(27-22(18)29)26-19-8-10-20(11-9-19)28-14-5-4-6-15-28/h7-12,17H,4-6,13-16H2,1-3H3,(H,25,26,27). The van der Waals surface area contributed by atoms with Crippen LogP contribution in [0.1, 0.15) is 46.5 Å². The first-order chi connectivity index (χ1) is 14.4. The third-order valence-corrected chi connectivity index (χ3v) is 5.65. The molecule has 3 aromatic rings. The first kappa shape index (κ1) is 20.4. The van der Waals surface area contributed by atoms with Crippen LogP contribution in [0.2, 0.25) is 0 Å². The lowest BCUT2D eigenvalue weighted by atomic mass is 9.92. The van der Waals surface area contributed by atoms with Crippen molar-refractivity contribution >= 4 is 28.4 Å². The Bertz CT molecular complexity index is 1060. The van der Waals surface area contributed by atoms with Gasteiger partial charge in [0, 0.05) is 48.7 Å². The summed E-state index contributed by atoms with van der Waals surface area (Å²) >= 11 is 0. The van der Waals surface area contributed by atoms with Crippen LogP contribution in [0, 0.1) is 5.41 Å². The Morgan fingerprint density at radius 2 is 1.73 bits per heavy atom. The van der Waals surface area contributed by atoms with E-state index in [2.05, 4.69) is 65.2 Å². The van der Waals surface area contributed by atoms with Crippen LogP contribution in [-0.4, -0.2) is 27.6 Å². The SMILES string of the molecule is CC(C)(C)CCn1c(=O)ccc2cnc(Nc3ccc(N4CCCCC4)cc3)nc21. The van der Waals surface area contributed by atoms with Crippen LogP contribution < -0.4 is 15.8 Å². The van der Waals surface area contributed by atoms with Crippen LogP contribution in [0.15, 0.2) is 47.4 Å². The molecule has 1 aromatic carbocycles. The van der Waals surface area contributed by atoms with E-state index < -0.39 is 0 Å². The zero-order chi connectivity index (χ0) is 21.1. The molecule has 3 heterocycles. The molecule has 1 saturated heterocycles. The zero-order valence-electron chi connectivity index (χ0n) is 18.2. The fourth-order valence-electron chi connectivity index (χ4n) is 3.83. The number of aromatic nitrogens is 3. The summed E-state index contributed by atoms with van der Waals surface area (Å²) in [6.07, 6.45) is 6.54. The van der Waals surface area contributed by atoms with Gasteiger partial charge < -0.3 is 10.2 Å². The number of rotatable bonds is 5. The van der Waals surface area contributed by atoms with Crippen molar-refractivity contribution in [3.8, 4) is 0 Å². The maximum absolute atomic E-state index is 12.5. The molecule has 0 saturated carbocycles. The lowest BCUT2D eigenvalue weighted by Gasteiger charge is -2.28. The molecule has 1 aliphatic heterocycles. The molecule has 0 radical (unpaired) electrons. The van der Waals surface area contributed by atoms with Crippen molar-refractivity contribution in [1.82, 2.24) is 14.5 Å². The van der Waals surface area contributed by atoms with Gasteiger partial charge in [-0.1, -0.05) is 20.8 Å². The van der Waals surface area contributed by atoms with Crippen molar-refractivity contribution in [2.75, 3.05) is 23.3 Å². The number of fused-ring (bicyclic) bond motifs is 1. The normalized spacial score (nSPS) is 14.8. The Kier molecular flexibility index (Phi) is 5.75. The van der Waals surface area contributed by atoms with Crippen molar-refractivity contribution < 1.29 is 0 Å². The minimum atomic E-state index is -0.0257. The van der Waals surface area contributed by atoms with E-state index in [-0.39, 0.29) is 11.0 Å². The van der Waals surface area contributed by atoms with Gasteiger partial charge in [0.15, 0.2) is 0 Å². The molecule has 30 heavy (non-hydrogen) atoms. The summed E-state index contributed by atoms with van der Waals surface area (Å²) < 4.78 is 1.76. The summed E-state index contributed by atoms with van der Waals surface area (Å²) in [6.45, 7) is 9.44.